The van der Waals surface area contributed by atoms with Gasteiger partial charge < -0.3 is 5.32 Å². The SMILES string of the molecule is Cc1nn(CCCNC(=O)Cn2nccc2C)c(C)c1Br. The van der Waals surface area contributed by atoms with Crippen LogP contribution in [0.4, 0.5) is 0 Å². The summed E-state index contributed by atoms with van der Waals surface area (Å²) in [5.41, 5.74) is 3.09. The smallest absolute Gasteiger partial charge is 0.241 e. The molecule has 0 aliphatic heterocycles. The number of nitrogens with zero attached hydrogens (tertiary/aromatic N) is 4. The van der Waals surface area contributed by atoms with Gasteiger partial charge in [-0.05, 0) is 49.2 Å². The number of halogens is 1. The molecule has 0 radical (unpaired) electrons. The van der Waals surface area contributed by atoms with Crippen molar-refractivity contribution in [3.63, 3.8) is 0 Å². The van der Waals surface area contributed by atoms with Gasteiger partial charge in [-0.15, -0.1) is 0 Å². The van der Waals surface area contributed by atoms with Gasteiger partial charge in [0.05, 0.1) is 10.2 Å². The average molecular weight is 354 g/mol. The Morgan fingerprint density at radius 3 is 2.67 bits per heavy atom. The predicted molar refractivity (Wildman–Crippen MR) is 84.0 cm³/mol. The Kier molecular flexibility index (Phi) is 5.17. The summed E-state index contributed by atoms with van der Waals surface area (Å²) in [6.45, 7) is 7.63. The summed E-state index contributed by atoms with van der Waals surface area (Å²) in [6, 6.07) is 1.88. The number of hydrogen-bond donors (Lipinski definition) is 1. The number of rotatable bonds is 6. The minimum Gasteiger partial charge on any atom is -0.354 e. The van der Waals surface area contributed by atoms with Crippen molar-refractivity contribution in [1.29, 1.82) is 0 Å². The van der Waals surface area contributed by atoms with Crippen molar-refractivity contribution < 1.29 is 4.79 Å². The fourth-order valence-corrected chi connectivity index (χ4v) is 2.39. The third-order valence-electron chi connectivity index (χ3n) is 3.38. The molecule has 1 amide bonds. The van der Waals surface area contributed by atoms with Crippen molar-refractivity contribution in [2.75, 3.05) is 6.54 Å². The second-order valence-electron chi connectivity index (χ2n) is 5.04. The summed E-state index contributed by atoms with van der Waals surface area (Å²) in [5, 5.41) is 11.4. The molecule has 0 spiro atoms. The molecule has 2 heterocycles. The fourth-order valence-electron chi connectivity index (χ4n) is 2.11. The van der Waals surface area contributed by atoms with Gasteiger partial charge in [-0.25, -0.2) is 0 Å². The van der Waals surface area contributed by atoms with Crippen molar-refractivity contribution in [1.82, 2.24) is 24.9 Å². The summed E-state index contributed by atoms with van der Waals surface area (Å²) < 4.78 is 4.71. The summed E-state index contributed by atoms with van der Waals surface area (Å²) in [5.74, 6) is -0.0173. The Morgan fingerprint density at radius 1 is 1.33 bits per heavy atom. The molecule has 2 rings (SSSR count). The van der Waals surface area contributed by atoms with Crippen LogP contribution in [-0.4, -0.2) is 32.0 Å². The number of aromatic nitrogens is 4. The maximum Gasteiger partial charge on any atom is 0.241 e. The van der Waals surface area contributed by atoms with Gasteiger partial charge in [0.2, 0.25) is 5.91 Å². The number of carbonyl (C=O) groups excluding carboxylic acids is 1. The largest absolute Gasteiger partial charge is 0.354 e. The maximum absolute atomic E-state index is 11.8. The molecule has 0 fully saturated rings. The molecule has 0 unspecified atom stereocenters. The number of aryl methyl sites for hydroxylation is 3. The average Bonchev–Trinajstić information content (AvgIpc) is 2.95. The molecule has 114 valence electrons. The van der Waals surface area contributed by atoms with Crippen LogP contribution < -0.4 is 5.32 Å². The van der Waals surface area contributed by atoms with Crippen molar-refractivity contribution in [2.24, 2.45) is 0 Å². The van der Waals surface area contributed by atoms with E-state index in [4.69, 9.17) is 0 Å². The van der Waals surface area contributed by atoms with Gasteiger partial charge in [-0.2, -0.15) is 10.2 Å². The van der Waals surface area contributed by atoms with Crippen LogP contribution in [0, 0.1) is 20.8 Å². The molecule has 2 aromatic rings. The van der Waals surface area contributed by atoms with Crippen molar-refractivity contribution in [3.05, 3.63) is 33.8 Å². The van der Waals surface area contributed by atoms with Crippen molar-refractivity contribution >= 4 is 21.8 Å². The Labute approximate surface area is 132 Å². The lowest BCUT2D eigenvalue weighted by Crippen LogP contribution is -2.29. The number of carbonyl (C=O) groups is 1. The van der Waals surface area contributed by atoms with Gasteiger partial charge in [-0.1, -0.05) is 0 Å². The van der Waals surface area contributed by atoms with E-state index in [-0.39, 0.29) is 12.5 Å². The first kappa shape index (κ1) is 15.8. The van der Waals surface area contributed by atoms with Crippen LogP contribution in [0.5, 0.6) is 0 Å². The standard InChI is InChI=1S/C14H20BrN5O/c1-10-5-7-17-20(10)9-13(21)16-6-4-8-19-12(3)14(15)11(2)18-19/h5,7H,4,6,8-9H2,1-3H3,(H,16,21). The van der Waals surface area contributed by atoms with Crippen molar-refractivity contribution in [2.45, 2.75) is 40.3 Å². The van der Waals surface area contributed by atoms with Crippen LogP contribution in [0.3, 0.4) is 0 Å². The van der Waals surface area contributed by atoms with E-state index >= 15 is 0 Å². The Hall–Kier alpha value is -1.63. The van der Waals surface area contributed by atoms with Gasteiger partial charge in [0.25, 0.3) is 0 Å². The molecule has 6 nitrogen and oxygen atoms in total. The second-order valence-corrected chi connectivity index (χ2v) is 5.83. The summed E-state index contributed by atoms with van der Waals surface area (Å²) >= 11 is 3.51. The molecule has 0 saturated heterocycles. The molecule has 0 atom stereocenters. The quantitative estimate of drug-likeness (QED) is 0.807. The van der Waals surface area contributed by atoms with Crippen LogP contribution >= 0.6 is 15.9 Å². The van der Waals surface area contributed by atoms with Gasteiger partial charge in [-0.3, -0.25) is 14.2 Å². The lowest BCUT2D eigenvalue weighted by Gasteiger charge is -2.08. The molecule has 7 heteroatoms. The molecule has 0 saturated carbocycles. The first-order chi connectivity index (χ1) is 9.99. The second kappa shape index (κ2) is 6.89. The molecule has 0 aromatic carbocycles. The lowest BCUT2D eigenvalue weighted by molar-refractivity contribution is -0.121. The van der Waals surface area contributed by atoms with Crippen LogP contribution in [0.2, 0.25) is 0 Å². The molecular formula is C14H20BrN5O. The molecule has 0 aliphatic rings. The van der Waals surface area contributed by atoms with Gasteiger partial charge >= 0.3 is 0 Å². The van der Waals surface area contributed by atoms with Gasteiger partial charge in [0.1, 0.15) is 6.54 Å². The highest BCUT2D eigenvalue weighted by Gasteiger charge is 2.08. The molecule has 2 aromatic heterocycles. The van der Waals surface area contributed by atoms with E-state index < -0.39 is 0 Å². The Morgan fingerprint density at radius 2 is 2.10 bits per heavy atom. The molecule has 1 N–H and O–H groups in total. The molecule has 0 aliphatic carbocycles. The predicted octanol–water partition coefficient (Wildman–Crippen LogP) is 1.97. The third-order valence-corrected chi connectivity index (χ3v) is 4.53. The first-order valence-corrected chi connectivity index (χ1v) is 7.73. The highest BCUT2D eigenvalue weighted by Crippen LogP contribution is 2.19. The van der Waals surface area contributed by atoms with E-state index in [0.29, 0.717) is 6.54 Å². The zero-order chi connectivity index (χ0) is 15.4. The van der Waals surface area contributed by atoms with Crippen LogP contribution in [-0.2, 0) is 17.9 Å². The molecule has 0 bridgehead atoms. The highest BCUT2D eigenvalue weighted by molar-refractivity contribution is 9.10. The van der Waals surface area contributed by atoms with E-state index in [1.54, 1.807) is 10.9 Å². The van der Waals surface area contributed by atoms with E-state index in [9.17, 15) is 4.79 Å². The first-order valence-electron chi connectivity index (χ1n) is 6.93. The minimum absolute atomic E-state index is 0.0173. The number of hydrogen-bond acceptors (Lipinski definition) is 3. The molecular weight excluding hydrogens is 334 g/mol. The third kappa shape index (κ3) is 3.93. The van der Waals surface area contributed by atoms with E-state index in [1.165, 1.54) is 0 Å². The molecule has 21 heavy (non-hydrogen) atoms. The topological polar surface area (TPSA) is 64.7 Å². The summed E-state index contributed by atoms with van der Waals surface area (Å²) in [4.78, 5) is 11.8. The van der Waals surface area contributed by atoms with E-state index in [1.807, 2.05) is 31.5 Å². The monoisotopic (exact) mass is 353 g/mol. The van der Waals surface area contributed by atoms with E-state index in [0.717, 1.165) is 34.5 Å². The van der Waals surface area contributed by atoms with Gasteiger partial charge in [0.15, 0.2) is 0 Å². The lowest BCUT2D eigenvalue weighted by atomic mass is 10.3. The van der Waals surface area contributed by atoms with Gasteiger partial charge in [0, 0.05) is 30.7 Å². The normalized spacial score (nSPS) is 10.9. The van der Waals surface area contributed by atoms with Crippen molar-refractivity contribution in [3.8, 4) is 0 Å². The Balaban J connectivity index is 1.73. The zero-order valence-corrected chi connectivity index (χ0v) is 14.1. The number of amides is 1. The number of nitrogens with one attached hydrogen (secondary N) is 1. The van der Waals surface area contributed by atoms with Crippen LogP contribution in [0.15, 0.2) is 16.7 Å². The summed E-state index contributed by atoms with van der Waals surface area (Å²) in [6.07, 6.45) is 2.54. The summed E-state index contributed by atoms with van der Waals surface area (Å²) in [7, 11) is 0. The minimum atomic E-state index is -0.0173. The highest BCUT2D eigenvalue weighted by atomic mass is 79.9. The zero-order valence-electron chi connectivity index (χ0n) is 12.6. The Bertz CT molecular complexity index is 631. The van der Waals surface area contributed by atoms with Crippen LogP contribution in [0.1, 0.15) is 23.5 Å². The van der Waals surface area contributed by atoms with Crippen LogP contribution in [0.25, 0.3) is 0 Å². The van der Waals surface area contributed by atoms with E-state index in [2.05, 4.69) is 31.4 Å². The maximum atomic E-state index is 11.8. The fraction of sp³-hybridized carbons (Fsp3) is 0.500.